The third-order valence-corrected chi connectivity index (χ3v) is 5.33. The maximum Gasteiger partial charge on any atom is 0.271 e. The number of anilines is 1. The van der Waals surface area contributed by atoms with Crippen LogP contribution in [0.3, 0.4) is 0 Å². The van der Waals surface area contributed by atoms with Crippen molar-refractivity contribution in [3.05, 3.63) is 57.3 Å². The van der Waals surface area contributed by atoms with Gasteiger partial charge >= 0.3 is 0 Å². The van der Waals surface area contributed by atoms with E-state index in [9.17, 15) is 14.9 Å². The van der Waals surface area contributed by atoms with Crippen molar-refractivity contribution in [2.24, 2.45) is 0 Å². The van der Waals surface area contributed by atoms with Crippen molar-refractivity contribution in [3.63, 3.8) is 0 Å². The molecule has 0 spiro atoms. The number of aryl methyl sites for hydroxylation is 1. The lowest BCUT2D eigenvalue weighted by Crippen LogP contribution is -2.28. The molecule has 0 saturated carbocycles. The number of nitro benzene ring substituents is 1. The number of carbonyl (C=O) groups excluding carboxylic acids is 1. The molecule has 27 heavy (non-hydrogen) atoms. The fourth-order valence-corrected chi connectivity index (χ4v) is 3.78. The number of rotatable bonds is 6. The minimum atomic E-state index is -0.442. The number of thiophene rings is 1. The van der Waals surface area contributed by atoms with Crippen LogP contribution >= 0.6 is 11.3 Å². The first kappa shape index (κ1) is 17.3. The van der Waals surface area contributed by atoms with E-state index in [2.05, 4.69) is 10.1 Å². The van der Waals surface area contributed by atoms with Gasteiger partial charge in [-0.15, -0.1) is 11.3 Å². The zero-order valence-electron chi connectivity index (χ0n) is 14.3. The fraction of sp³-hybridized carbons (Fsp3) is 0.278. The second-order valence-electron chi connectivity index (χ2n) is 6.21. The minimum Gasteiger partial charge on any atom is -0.339 e. The zero-order valence-corrected chi connectivity index (χ0v) is 15.1. The lowest BCUT2D eigenvalue weighted by atomic mass is 10.1. The predicted molar refractivity (Wildman–Crippen MR) is 99.7 cm³/mol. The average molecular weight is 384 g/mol. The van der Waals surface area contributed by atoms with Crippen LogP contribution in [0, 0.1) is 10.1 Å². The molecule has 2 aromatic heterocycles. The largest absolute Gasteiger partial charge is 0.339 e. The van der Waals surface area contributed by atoms with Crippen LogP contribution in [0.25, 0.3) is 10.7 Å². The molecule has 0 fully saturated rings. The van der Waals surface area contributed by atoms with Crippen molar-refractivity contribution in [1.29, 1.82) is 0 Å². The molecule has 1 aromatic carbocycles. The van der Waals surface area contributed by atoms with Gasteiger partial charge < -0.3 is 9.42 Å². The number of fused-ring (bicyclic) bond motifs is 1. The van der Waals surface area contributed by atoms with Gasteiger partial charge in [0.1, 0.15) is 0 Å². The number of amides is 1. The molecule has 3 aromatic rings. The molecule has 0 bridgehead atoms. The van der Waals surface area contributed by atoms with Gasteiger partial charge in [-0.2, -0.15) is 4.98 Å². The summed E-state index contributed by atoms with van der Waals surface area (Å²) >= 11 is 1.54. The molecule has 1 amide bonds. The highest BCUT2D eigenvalue weighted by Gasteiger charge is 2.26. The van der Waals surface area contributed by atoms with Crippen molar-refractivity contribution in [2.75, 3.05) is 11.4 Å². The van der Waals surface area contributed by atoms with Crippen LogP contribution in [0.1, 0.15) is 24.3 Å². The molecule has 138 valence electrons. The smallest absolute Gasteiger partial charge is 0.271 e. The van der Waals surface area contributed by atoms with E-state index in [1.54, 1.807) is 11.0 Å². The Labute approximate surface area is 158 Å². The summed E-state index contributed by atoms with van der Waals surface area (Å²) in [6.45, 7) is 0.554. The molecule has 3 heterocycles. The van der Waals surface area contributed by atoms with Crippen molar-refractivity contribution >= 4 is 28.6 Å². The van der Waals surface area contributed by atoms with E-state index in [1.165, 1.54) is 23.5 Å². The molecule has 0 unspecified atom stereocenters. The Kier molecular flexibility index (Phi) is 4.68. The molecule has 1 aliphatic heterocycles. The van der Waals surface area contributed by atoms with E-state index < -0.39 is 4.92 Å². The third kappa shape index (κ3) is 3.59. The molecule has 8 nitrogen and oxygen atoms in total. The molecule has 0 radical (unpaired) electrons. The van der Waals surface area contributed by atoms with Gasteiger partial charge in [0.15, 0.2) is 0 Å². The minimum absolute atomic E-state index is 0.000386. The number of aromatic nitrogens is 2. The monoisotopic (exact) mass is 384 g/mol. The molecule has 4 rings (SSSR count). The fourth-order valence-electron chi connectivity index (χ4n) is 3.13. The summed E-state index contributed by atoms with van der Waals surface area (Å²) in [7, 11) is 0. The summed E-state index contributed by atoms with van der Waals surface area (Å²) in [5.74, 6) is 1.02. The Bertz CT molecular complexity index is 983. The second kappa shape index (κ2) is 7.28. The number of hydrogen-bond donors (Lipinski definition) is 0. The van der Waals surface area contributed by atoms with Gasteiger partial charge in [0, 0.05) is 31.5 Å². The molecular formula is C18H16N4O4S. The average Bonchev–Trinajstić information content (AvgIpc) is 3.40. The Hall–Kier alpha value is -3.07. The summed E-state index contributed by atoms with van der Waals surface area (Å²) in [5, 5.41) is 16.9. The van der Waals surface area contributed by atoms with Gasteiger partial charge in [-0.25, -0.2) is 0 Å². The zero-order chi connectivity index (χ0) is 18.8. The lowest BCUT2D eigenvalue weighted by Gasteiger charge is -2.16. The van der Waals surface area contributed by atoms with Crippen molar-refractivity contribution in [1.82, 2.24) is 10.1 Å². The summed E-state index contributed by atoms with van der Waals surface area (Å²) in [5.41, 5.74) is 1.61. The molecule has 0 saturated heterocycles. The number of nitrogens with zero attached hydrogens (tertiary/aromatic N) is 4. The van der Waals surface area contributed by atoms with Crippen molar-refractivity contribution in [2.45, 2.75) is 25.7 Å². The van der Waals surface area contributed by atoms with Gasteiger partial charge in [0.2, 0.25) is 17.6 Å². The summed E-state index contributed by atoms with van der Waals surface area (Å²) in [4.78, 5) is 30.0. The second-order valence-corrected chi connectivity index (χ2v) is 7.16. The van der Waals surface area contributed by atoms with E-state index in [-0.39, 0.29) is 11.6 Å². The summed E-state index contributed by atoms with van der Waals surface area (Å²) in [6.07, 6.45) is 2.12. The van der Waals surface area contributed by atoms with Crippen molar-refractivity contribution in [3.8, 4) is 10.7 Å². The molecule has 9 heteroatoms. The Morgan fingerprint density at radius 3 is 3.04 bits per heavy atom. The highest BCUT2D eigenvalue weighted by Crippen LogP contribution is 2.32. The number of benzene rings is 1. The molecule has 0 N–H and O–H groups in total. The number of carbonyl (C=O) groups is 1. The number of hydrogen-bond acceptors (Lipinski definition) is 7. The van der Waals surface area contributed by atoms with E-state index in [0.29, 0.717) is 49.6 Å². The van der Waals surface area contributed by atoms with Crippen LogP contribution < -0.4 is 4.90 Å². The first-order valence-corrected chi connectivity index (χ1v) is 9.44. The maximum absolute atomic E-state index is 12.6. The molecule has 0 atom stereocenters. The van der Waals surface area contributed by atoms with Crippen LogP contribution in [0.2, 0.25) is 0 Å². The van der Waals surface area contributed by atoms with E-state index in [4.69, 9.17) is 4.52 Å². The van der Waals surface area contributed by atoms with Crippen LogP contribution in [-0.2, 0) is 17.6 Å². The molecular weight excluding hydrogens is 368 g/mol. The first-order chi connectivity index (χ1) is 13.1. The topological polar surface area (TPSA) is 102 Å². The Morgan fingerprint density at radius 1 is 1.37 bits per heavy atom. The summed E-state index contributed by atoms with van der Waals surface area (Å²) < 4.78 is 5.24. The molecule has 0 aliphatic carbocycles. The summed E-state index contributed by atoms with van der Waals surface area (Å²) in [6, 6.07) is 8.53. The van der Waals surface area contributed by atoms with Gasteiger partial charge in [-0.1, -0.05) is 17.3 Å². The van der Waals surface area contributed by atoms with Crippen molar-refractivity contribution < 1.29 is 14.2 Å². The first-order valence-electron chi connectivity index (χ1n) is 8.56. The van der Waals surface area contributed by atoms with Gasteiger partial charge in [0.25, 0.3) is 5.69 Å². The van der Waals surface area contributed by atoms with Gasteiger partial charge in [0.05, 0.1) is 15.5 Å². The Balaban J connectivity index is 1.36. The standard InChI is InChI=1S/C18H16N4O4S/c23-17(21-9-8-12-6-7-13(22(24)25)11-14(12)21)5-1-4-16-19-18(20-26-16)15-3-2-10-27-15/h2-3,6-7,10-11H,1,4-5,8-9H2. The third-order valence-electron chi connectivity index (χ3n) is 4.47. The van der Waals surface area contributed by atoms with Crippen LogP contribution in [0.15, 0.2) is 40.2 Å². The predicted octanol–water partition coefficient (Wildman–Crippen LogP) is 3.62. The van der Waals surface area contributed by atoms with Gasteiger partial charge in [-0.3, -0.25) is 14.9 Å². The van der Waals surface area contributed by atoms with E-state index in [0.717, 1.165) is 10.4 Å². The lowest BCUT2D eigenvalue weighted by molar-refractivity contribution is -0.384. The normalized spacial score (nSPS) is 13.0. The van der Waals surface area contributed by atoms with Gasteiger partial charge in [-0.05, 0) is 29.9 Å². The Morgan fingerprint density at radius 2 is 2.26 bits per heavy atom. The number of nitro groups is 1. The highest BCUT2D eigenvalue weighted by molar-refractivity contribution is 7.13. The van der Waals surface area contributed by atoms with Crippen LogP contribution in [-0.4, -0.2) is 27.5 Å². The van der Waals surface area contributed by atoms with Crippen LogP contribution in [0.4, 0.5) is 11.4 Å². The van der Waals surface area contributed by atoms with E-state index in [1.807, 2.05) is 17.5 Å². The number of non-ortho nitro benzene ring substituents is 1. The molecule has 1 aliphatic rings. The quantitative estimate of drug-likeness (QED) is 0.475. The van der Waals surface area contributed by atoms with Crippen LogP contribution in [0.5, 0.6) is 0 Å². The highest BCUT2D eigenvalue weighted by atomic mass is 32.1. The maximum atomic E-state index is 12.6. The van der Waals surface area contributed by atoms with E-state index >= 15 is 0 Å². The SMILES string of the molecule is O=C(CCCc1nc(-c2cccs2)no1)N1CCc2ccc([N+](=O)[O-])cc21.